The fraction of sp³-hybridized carbons (Fsp3) is 0.750. The number of carbonyl (C=O) groups is 1. The van der Waals surface area contributed by atoms with Crippen LogP contribution in [0.25, 0.3) is 0 Å². The summed E-state index contributed by atoms with van der Waals surface area (Å²) in [5, 5.41) is 17.6. The Morgan fingerprint density at radius 2 is 2.22 bits per heavy atom. The van der Waals surface area contributed by atoms with Crippen molar-refractivity contribution in [2.45, 2.75) is 0 Å². The molecule has 1 aliphatic rings. The van der Waals surface area contributed by atoms with Gasteiger partial charge in [-0.25, -0.2) is 9.86 Å². The topological polar surface area (TPSA) is 64.0 Å². The van der Waals surface area contributed by atoms with Crippen molar-refractivity contribution in [2.24, 2.45) is 0 Å². The zero-order valence-corrected chi connectivity index (χ0v) is 4.82. The molecule has 1 saturated heterocycles. The van der Waals surface area contributed by atoms with Crippen molar-refractivity contribution >= 4 is 6.03 Å². The monoisotopic (exact) mass is 132 g/mol. The third-order valence-electron chi connectivity index (χ3n) is 1.24. The van der Waals surface area contributed by atoms with Gasteiger partial charge >= 0.3 is 6.03 Å². The van der Waals surface area contributed by atoms with E-state index in [0.717, 1.165) is 4.90 Å². The van der Waals surface area contributed by atoms with Crippen LogP contribution in [0.1, 0.15) is 0 Å². The Kier molecular flexibility index (Phi) is 1.54. The zero-order chi connectivity index (χ0) is 6.85. The molecule has 5 nitrogen and oxygen atoms in total. The average molecular weight is 132 g/mol. The molecule has 1 fully saturated rings. The van der Waals surface area contributed by atoms with E-state index in [1.807, 2.05) is 0 Å². The van der Waals surface area contributed by atoms with E-state index in [9.17, 15) is 4.79 Å². The van der Waals surface area contributed by atoms with Crippen molar-refractivity contribution in [1.29, 1.82) is 0 Å². The van der Waals surface area contributed by atoms with E-state index in [0.29, 0.717) is 11.6 Å². The first kappa shape index (κ1) is 6.31. The quantitative estimate of drug-likeness (QED) is 0.453. The van der Waals surface area contributed by atoms with Crippen LogP contribution in [0.3, 0.4) is 0 Å². The van der Waals surface area contributed by atoms with Crippen molar-refractivity contribution < 1.29 is 15.1 Å². The van der Waals surface area contributed by atoms with Crippen molar-refractivity contribution in [1.82, 2.24) is 9.96 Å². The fourth-order valence-electron chi connectivity index (χ4n) is 0.701. The number of urea groups is 1. The standard InChI is InChI=1S/C4H8N2O3/c7-3-5-1-2-6(9)4(5)8/h7,9H,1-3H2. The van der Waals surface area contributed by atoms with Gasteiger partial charge in [0.25, 0.3) is 0 Å². The molecule has 1 heterocycles. The summed E-state index contributed by atoms with van der Waals surface area (Å²) in [7, 11) is 0. The minimum absolute atomic E-state index is 0.277. The first-order chi connectivity index (χ1) is 4.25. The molecule has 0 atom stereocenters. The Bertz CT molecular complexity index is 127. The minimum Gasteiger partial charge on any atom is -0.376 e. The highest BCUT2D eigenvalue weighted by Crippen LogP contribution is 2.02. The predicted octanol–water partition coefficient (Wildman–Crippen LogP) is -0.937. The predicted molar refractivity (Wildman–Crippen MR) is 27.7 cm³/mol. The smallest absolute Gasteiger partial charge is 0.345 e. The second kappa shape index (κ2) is 2.20. The molecule has 0 aliphatic carbocycles. The first-order valence-electron chi connectivity index (χ1n) is 2.62. The summed E-state index contributed by atoms with van der Waals surface area (Å²) in [5.74, 6) is 0. The molecule has 0 aromatic carbocycles. The van der Waals surface area contributed by atoms with Crippen LogP contribution in [0.5, 0.6) is 0 Å². The van der Waals surface area contributed by atoms with Gasteiger partial charge in [-0.15, -0.1) is 0 Å². The fourth-order valence-corrected chi connectivity index (χ4v) is 0.701. The lowest BCUT2D eigenvalue weighted by Gasteiger charge is -2.09. The summed E-state index contributed by atoms with van der Waals surface area (Å²) in [6.45, 7) is 0.348. The highest BCUT2D eigenvalue weighted by Gasteiger charge is 2.25. The Labute approximate surface area is 52.1 Å². The summed E-state index contributed by atoms with van der Waals surface area (Å²) >= 11 is 0. The van der Waals surface area contributed by atoms with Crippen molar-refractivity contribution in [3.8, 4) is 0 Å². The molecule has 9 heavy (non-hydrogen) atoms. The van der Waals surface area contributed by atoms with Gasteiger partial charge in [0.15, 0.2) is 0 Å². The molecule has 1 aliphatic heterocycles. The molecule has 0 radical (unpaired) electrons. The van der Waals surface area contributed by atoms with Crippen LogP contribution >= 0.6 is 0 Å². The van der Waals surface area contributed by atoms with Crippen molar-refractivity contribution in [3.63, 3.8) is 0 Å². The van der Waals surface area contributed by atoms with E-state index in [-0.39, 0.29) is 13.3 Å². The maximum Gasteiger partial charge on any atom is 0.345 e. The van der Waals surface area contributed by atoms with E-state index in [1.165, 1.54) is 0 Å². The minimum atomic E-state index is -0.530. The number of carbonyl (C=O) groups excluding carboxylic acids is 1. The number of hydroxylamine groups is 2. The Balaban J connectivity index is 2.51. The summed E-state index contributed by atoms with van der Waals surface area (Å²) in [5.41, 5.74) is 0. The molecule has 1 rings (SSSR count). The largest absolute Gasteiger partial charge is 0.376 e. The molecule has 2 N–H and O–H groups in total. The van der Waals surface area contributed by atoms with Gasteiger partial charge in [0.2, 0.25) is 0 Å². The van der Waals surface area contributed by atoms with Gasteiger partial charge in [0.05, 0.1) is 6.54 Å². The average Bonchev–Trinajstić information content (AvgIpc) is 2.15. The molecule has 0 aromatic rings. The van der Waals surface area contributed by atoms with Gasteiger partial charge in [-0.3, -0.25) is 10.1 Å². The van der Waals surface area contributed by atoms with E-state index in [2.05, 4.69) is 0 Å². The summed E-state index contributed by atoms with van der Waals surface area (Å²) in [6, 6.07) is -0.530. The maximum absolute atomic E-state index is 10.6. The van der Waals surface area contributed by atoms with Gasteiger partial charge in [-0.1, -0.05) is 0 Å². The van der Waals surface area contributed by atoms with E-state index < -0.39 is 6.03 Å². The Morgan fingerprint density at radius 1 is 1.56 bits per heavy atom. The molecule has 52 valence electrons. The van der Waals surface area contributed by atoms with Gasteiger partial charge in [-0.05, 0) is 0 Å². The van der Waals surface area contributed by atoms with Crippen LogP contribution in [0.4, 0.5) is 4.79 Å². The molecule has 0 saturated carbocycles. The van der Waals surface area contributed by atoms with Crippen molar-refractivity contribution in [3.05, 3.63) is 0 Å². The third-order valence-corrected chi connectivity index (χ3v) is 1.24. The van der Waals surface area contributed by atoms with Crippen LogP contribution in [-0.4, -0.2) is 46.1 Å². The lowest BCUT2D eigenvalue weighted by atomic mass is 10.6. The molecule has 0 bridgehead atoms. The van der Waals surface area contributed by atoms with E-state index in [1.54, 1.807) is 0 Å². The number of aliphatic hydroxyl groups excluding tert-OH is 1. The van der Waals surface area contributed by atoms with Crippen LogP contribution in [0.2, 0.25) is 0 Å². The van der Waals surface area contributed by atoms with E-state index >= 15 is 0 Å². The lowest BCUT2D eigenvalue weighted by molar-refractivity contribution is -0.0285. The summed E-state index contributed by atoms with van der Waals surface area (Å²) in [6.07, 6.45) is 0. The first-order valence-corrected chi connectivity index (χ1v) is 2.62. The Hall–Kier alpha value is -0.810. The van der Waals surface area contributed by atoms with Crippen molar-refractivity contribution in [2.75, 3.05) is 19.8 Å². The molecule has 0 unspecified atom stereocenters. The van der Waals surface area contributed by atoms with Crippen LogP contribution in [0, 0.1) is 0 Å². The number of hydrogen-bond donors (Lipinski definition) is 2. The van der Waals surface area contributed by atoms with E-state index in [4.69, 9.17) is 10.3 Å². The maximum atomic E-state index is 10.6. The number of aliphatic hydroxyl groups is 1. The highest BCUT2D eigenvalue weighted by molar-refractivity contribution is 5.74. The number of hydrogen-bond acceptors (Lipinski definition) is 3. The molecule has 0 aromatic heterocycles. The number of rotatable bonds is 1. The molecular weight excluding hydrogens is 124 g/mol. The highest BCUT2D eigenvalue weighted by atomic mass is 16.5. The Morgan fingerprint density at radius 3 is 2.44 bits per heavy atom. The van der Waals surface area contributed by atoms with Gasteiger partial charge in [0, 0.05) is 6.54 Å². The second-order valence-electron chi connectivity index (χ2n) is 1.81. The van der Waals surface area contributed by atoms with Gasteiger partial charge in [-0.2, -0.15) is 0 Å². The number of nitrogens with zero attached hydrogens (tertiary/aromatic N) is 2. The second-order valence-corrected chi connectivity index (χ2v) is 1.81. The zero-order valence-electron chi connectivity index (χ0n) is 4.82. The molecule has 0 spiro atoms. The van der Waals surface area contributed by atoms with Crippen LogP contribution in [0.15, 0.2) is 0 Å². The normalized spacial score (nSPS) is 19.6. The molecular formula is C4H8N2O3. The van der Waals surface area contributed by atoms with Crippen LogP contribution in [-0.2, 0) is 0 Å². The third kappa shape index (κ3) is 0.962. The molecule has 2 amide bonds. The number of amides is 2. The molecule has 5 heteroatoms. The SMILES string of the molecule is O=C1N(O)CCN1CO. The van der Waals surface area contributed by atoms with Gasteiger partial charge in [0.1, 0.15) is 6.73 Å². The van der Waals surface area contributed by atoms with Crippen LogP contribution < -0.4 is 0 Å². The summed E-state index contributed by atoms with van der Waals surface area (Å²) < 4.78 is 0. The lowest BCUT2D eigenvalue weighted by Crippen LogP contribution is -2.30. The summed E-state index contributed by atoms with van der Waals surface area (Å²) in [4.78, 5) is 11.7. The van der Waals surface area contributed by atoms with Gasteiger partial charge < -0.3 is 5.11 Å².